The summed E-state index contributed by atoms with van der Waals surface area (Å²) >= 11 is 0. The first-order valence-electron chi connectivity index (χ1n) is 5.87. The second-order valence-corrected chi connectivity index (χ2v) is 4.24. The molecule has 0 atom stereocenters. The minimum Gasteiger partial charge on any atom is -0.370 e. The summed E-state index contributed by atoms with van der Waals surface area (Å²) in [6.07, 6.45) is 7.97. The van der Waals surface area contributed by atoms with Gasteiger partial charge in [-0.3, -0.25) is 10.5 Å². The van der Waals surface area contributed by atoms with Gasteiger partial charge in [0.25, 0.3) is 0 Å². The Morgan fingerprint density at radius 1 is 1.16 bits per heavy atom. The van der Waals surface area contributed by atoms with E-state index in [0.717, 1.165) is 32.9 Å². The summed E-state index contributed by atoms with van der Waals surface area (Å²) in [5.74, 6) is 0. The molecular formula is C16H12N2Y-2. The Hall–Kier alpha value is -1.12. The first-order chi connectivity index (χ1) is 8.79. The molecule has 3 aromatic rings. The van der Waals surface area contributed by atoms with Crippen molar-refractivity contribution in [3.05, 3.63) is 54.4 Å². The van der Waals surface area contributed by atoms with E-state index in [-0.39, 0.29) is 32.7 Å². The number of allylic oxidation sites excluding steroid dienone is 2. The molecule has 91 valence electrons. The number of hydrogen-bond acceptors (Lipinski definition) is 2. The van der Waals surface area contributed by atoms with Crippen LogP contribution in [0.2, 0.25) is 0 Å². The maximum absolute atomic E-state index is 4.43. The zero-order valence-corrected chi connectivity index (χ0v) is 13.8. The molecule has 0 unspecified atom stereocenters. The Morgan fingerprint density at radius 3 is 2.74 bits per heavy atom. The summed E-state index contributed by atoms with van der Waals surface area (Å²) in [6.45, 7) is 3.91. The van der Waals surface area contributed by atoms with Crippen molar-refractivity contribution in [1.82, 2.24) is 9.97 Å². The molecule has 0 bridgehead atoms. The van der Waals surface area contributed by atoms with Gasteiger partial charge in [0.1, 0.15) is 0 Å². The molecule has 0 amide bonds. The van der Waals surface area contributed by atoms with Crippen LogP contribution in [0, 0.1) is 12.3 Å². The van der Waals surface area contributed by atoms with Crippen LogP contribution in [0.5, 0.6) is 0 Å². The van der Waals surface area contributed by atoms with E-state index in [1.165, 1.54) is 0 Å². The Labute approximate surface area is 137 Å². The number of pyridine rings is 2. The van der Waals surface area contributed by atoms with E-state index in [4.69, 9.17) is 0 Å². The number of hydrogen-bond donors (Lipinski definition) is 0. The van der Waals surface area contributed by atoms with Crippen molar-refractivity contribution in [2.45, 2.75) is 13.8 Å². The van der Waals surface area contributed by atoms with Crippen LogP contribution in [0.1, 0.15) is 19.4 Å². The molecule has 0 aliphatic carbocycles. The average molecular weight is 321 g/mol. The fraction of sp³-hybridized carbons (Fsp3) is 0.125. The molecule has 0 saturated carbocycles. The molecule has 1 radical (unpaired) electrons. The zero-order chi connectivity index (χ0) is 12.5. The third kappa shape index (κ3) is 2.61. The van der Waals surface area contributed by atoms with Crippen LogP contribution >= 0.6 is 0 Å². The van der Waals surface area contributed by atoms with Crippen molar-refractivity contribution in [1.29, 1.82) is 0 Å². The summed E-state index contributed by atoms with van der Waals surface area (Å²) in [4.78, 5) is 8.83. The van der Waals surface area contributed by atoms with Crippen LogP contribution in [0.25, 0.3) is 27.4 Å². The predicted molar refractivity (Wildman–Crippen MR) is 73.9 cm³/mol. The molecule has 2 heterocycles. The van der Waals surface area contributed by atoms with Crippen molar-refractivity contribution in [2.24, 2.45) is 0 Å². The van der Waals surface area contributed by atoms with Gasteiger partial charge in [-0.15, -0.1) is 20.0 Å². The third-order valence-electron chi connectivity index (χ3n) is 3.15. The van der Waals surface area contributed by atoms with Gasteiger partial charge in [0.2, 0.25) is 0 Å². The van der Waals surface area contributed by atoms with E-state index in [0.29, 0.717) is 0 Å². The van der Waals surface area contributed by atoms with Crippen LogP contribution in [0.4, 0.5) is 0 Å². The first-order valence-corrected chi connectivity index (χ1v) is 5.87. The summed E-state index contributed by atoms with van der Waals surface area (Å²) in [6, 6.07) is 10.2. The van der Waals surface area contributed by atoms with Crippen molar-refractivity contribution in [3.63, 3.8) is 0 Å². The number of rotatable bonds is 1. The van der Waals surface area contributed by atoms with Crippen LogP contribution in [-0.2, 0) is 32.7 Å². The molecule has 0 aliphatic heterocycles. The molecule has 0 spiro atoms. The van der Waals surface area contributed by atoms with E-state index < -0.39 is 0 Å². The Kier molecular flexibility index (Phi) is 4.43. The topological polar surface area (TPSA) is 25.8 Å². The summed E-state index contributed by atoms with van der Waals surface area (Å²) < 4.78 is 0. The molecule has 19 heavy (non-hydrogen) atoms. The van der Waals surface area contributed by atoms with Gasteiger partial charge >= 0.3 is 0 Å². The molecule has 3 heteroatoms. The number of benzene rings is 1. The van der Waals surface area contributed by atoms with Crippen LogP contribution in [0.3, 0.4) is 0 Å². The van der Waals surface area contributed by atoms with Crippen LogP contribution in [-0.4, -0.2) is 9.97 Å². The zero-order valence-electron chi connectivity index (χ0n) is 10.9. The molecule has 0 N–H and O–H groups in total. The number of nitrogens with zero attached hydrogens (tertiary/aromatic N) is 2. The van der Waals surface area contributed by atoms with Gasteiger partial charge in [-0.25, -0.2) is 6.07 Å². The second-order valence-electron chi connectivity index (χ2n) is 4.24. The predicted octanol–water partition coefficient (Wildman–Crippen LogP) is 3.81. The van der Waals surface area contributed by atoms with Crippen molar-refractivity contribution in [2.75, 3.05) is 0 Å². The van der Waals surface area contributed by atoms with E-state index in [1.54, 1.807) is 6.20 Å². The first kappa shape index (κ1) is 14.3. The smallest absolute Gasteiger partial charge is 0.0543 e. The van der Waals surface area contributed by atoms with Gasteiger partial charge in [-0.2, -0.15) is 0 Å². The molecule has 3 rings (SSSR count). The monoisotopic (exact) mass is 321 g/mol. The van der Waals surface area contributed by atoms with Crippen LogP contribution < -0.4 is 0 Å². The molecule has 0 fully saturated rings. The minimum absolute atomic E-state index is 0. The van der Waals surface area contributed by atoms with E-state index in [2.05, 4.69) is 40.4 Å². The quantitative estimate of drug-likeness (QED) is 0.503. The molecular weight excluding hydrogens is 309 g/mol. The van der Waals surface area contributed by atoms with E-state index in [9.17, 15) is 0 Å². The second kappa shape index (κ2) is 5.89. The Balaban J connectivity index is 0.00000133. The van der Waals surface area contributed by atoms with E-state index >= 15 is 0 Å². The maximum atomic E-state index is 4.43. The van der Waals surface area contributed by atoms with Gasteiger partial charge in [0.05, 0.1) is 5.52 Å². The van der Waals surface area contributed by atoms with E-state index in [1.807, 2.05) is 26.0 Å². The maximum Gasteiger partial charge on any atom is 0.0543 e. The third-order valence-corrected chi connectivity index (χ3v) is 3.15. The molecule has 0 aliphatic rings. The summed E-state index contributed by atoms with van der Waals surface area (Å²) in [5, 5.41) is 2.19. The molecule has 2 aromatic heterocycles. The standard InChI is InChI=1S/C16H12N2.Y/c1-3-11(2)14-9-13-7-6-12-5-4-8-17-15(12)16(13)18-10-14;/h4-9H,1-2H3;/q-2;. The van der Waals surface area contributed by atoms with Gasteiger partial charge in [-0.05, 0) is 11.5 Å². The Bertz CT molecular complexity index is 763. The van der Waals surface area contributed by atoms with Gasteiger partial charge < -0.3 is 16.6 Å². The minimum atomic E-state index is 0. The van der Waals surface area contributed by atoms with Gasteiger partial charge in [-0.1, -0.05) is 23.6 Å². The normalized spacial score (nSPS) is 11.6. The van der Waals surface area contributed by atoms with Crippen molar-refractivity contribution < 1.29 is 32.7 Å². The van der Waals surface area contributed by atoms with Gasteiger partial charge in [0.15, 0.2) is 0 Å². The summed E-state index contributed by atoms with van der Waals surface area (Å²) in [5.41, 5.74) is 3.88. The summed E-state index contributed by atoms with van der Waals surface area (Å²) in [7, 11) is 0. The fourth-order valence-electron chi connectivity index (χ4n) is 2.01. The SMILES string of the molecule is C[C-]=C(C)c1[c-]nc2c(ccc3cccnc32)c1.[Y]. The molecule has 1 aromatic carbocycles. The largest absolute Gasteiger partial charge is 0.370 e. The molecule has 0 saturated heterocycles. The Morgan fingerprint density at radius 2 is 1.95 bits per heavy atom. The fourth-order valence-corrected chi connectivity index (χ4v) is 2.01. The van der Waals surface area contributed by atoms with Crippen molar-refractivity contribution in [3.8, 4) is 0 Å². The number of aromatic nitrogens is 2. The number of fused-ring (bicyclic) bond motifs is 3. The van der Waals surface area contributed by atoms with Crippen molar-refractivity contribution >= 4 is 27.4 Å². The van der Waals surface area contributed by atoms with Crippen LogP contribution in [0.15, 0.2) is 36.5 Å². The molecule has 2 nitrogen and oxygen atoms in total. The van der Waals surface area contributed by atoms with Gasteiger partial charge in [0, 0.05) is 44.4 Å². The average Bonchev–Trinajstić information content (AvgIpc) is 2.45.